The lowest BCUT2D eigenvalue weighted by molar-refractivity contribution is 0.317. The first-order valence-corrected chi connectivity index (χ1v) is 6.90. The van der Waals surface area contributed by atoms with Crippen molar-refractivity contribution in [2.24, 2.45) is 0 Å². The zero-order chi connectivity index (χ0) is 15.0. The number of rotatable bonds is 6. The first-order valence-electron chi connectivity index (χ1n) is 6.90. The van der Waals surface area contributed by atoms with Gasteiger partial charge in [-0.05, 0) is 33.8 Å². The Morgan fingerprint density at radius 1 is 1.25 bits per heavy atom. The Morgan fingerprint density at radius 2 is 2.00 bits per heavy atom. The summed E-state index contributed by atoms with van der Waals surface area (Å²) in [6, 6.07) is 5.93. The third kappa shape index (κ3) is 5.99. The molecule has 0 unspecified atom stereocenters. The van der Waals surface area contributed by atoms with Gasteiger partial charge in [0, 0.05) is 30.1 Å². The highest BCUT2D eigenvalue weighted by atomic mass is 16.5. The first-order chi connectivity index (χ1) is 9.46. The second-order valence-corrected chi connectivity index (χ2v) is 5.60. The van der Waals surface area contributed by atoms with Crippen LogP contribution in [-0.2, 0) is 6.54 Å². The van der Waals surface area contributed by atoms with Gasteiger partial charge in [-0.1, -0.05) is 6.07 Å². The van der Waals surface area contributed by atoms with Crippen molar-refractivity contribution in [2.75, 3.05) is 13.7 Å². The van der Waals surface area contributed by atoms with Gasteiger partial charge in [-0.2, -0.15) is 0 Å². The monoisotopic (exact) mass is 275 g/mol. The standard InChI is InChI=1S/C17H25NO2/c1-6-7-8-11-20-16-12-15(19-5)10-9-14(16)13-18-17(2,3)4/h9-10,12,18H,8,11,13H2,1-5H3. The van der Waals surface area contributed by atoms with Crippen LogP contribution in [0, 0.1) is 11.8 Å². The van der Waals surface area contributed by atoms with E-state index in [-0.39, 0.29) is 5.54 Å². The predicted octanol–water partition coefficient (Wildman–Crippen LogP) is 3.38. The second-order valence-electron chi connectivity index (χ2n) is 5.60. The third-order valence-electron chi connectivity index (χ3n) is 2.74. The Kier molecular flexibility index (Phi) is 6.41. The van der Waals surface area contributed by atoms with Gasteiger partial charge in [0.25, 0.3) is 0 Å². The largest absolute Gasteiger partial charge is 0.497 e. The van der Waals surface area contributed by atoms with Crippen LogP contribution in [0.25, 0.3) is 0 Å². The summed E-state index contributed by atoms with van der Waals surface area (Å²) >= 11 is 0. The molecule has 3 heteroatoms. The summed E-state index contributed by atoms with van der Waals surface area (Å²) in [6.45, 7) is 9.64. The molecule has 0 aliphatic heterocycles. The Bertz CT molecular complexity index is 478. The van der Waals surface area contributed by atoms with Gasteiger partial charge in [-0.3, -0.25) is 0 Å². The minimum atomic E-state index is 0.0743. The highest BCUT2D eigenvalue weighted by Crippen LogP contribution is 2.25. The molecular weight excluding hydrogens is 250 g/mol. The molecule has 1 aromatic rings. The van der Waals surface area contributed by atoms with E-state index >= 15 is 0 Å². The minimum Gasteiger partial charge on any atom is -0.497 e. The van der Waals surface area contributed by atoms with Crippen LogP contribution in [0.5, 0.6) is 11.5 Å². The highest BCUT2D eigenvalue weighted by Gasteiger charge is 2.11. The molecule has 1 rings (SSSR count). The molecule has 0 atom stereocenters. The fourth-order valence-electron chi connectivity index (χ4n) is 1.64. The molecule has 3 nitrogen and oxygen atoms in total. The Morgan fingerprint density at radius 3 is 2.60 bits per heavy atom. The van der Waals surface area contributed by atoms with E-state index in [2.05, 4.69) is 37.9 Å². The maximum absolute atomic E-state index is 5.82. The van der Waals surface area contributed by atoms with Crippen LogP contribution < -0.4 is 14.8 Å². The molecule has 1 N–H and O–H groups in total. The SMILES string of the molecule is CC#CCCOc1cc(OC)ccc1CNC(C)(C)C. The van der Waals surface area contributed by atoms with E-state index in [1.54, 1.807) is 7.11 Å². The molecule has 1 aromatic carbocycles. The summed E-state index contributed by atoms with van der Waals surface area (Å²) in [6.07, 6.45) is 0.736. The molecule has 0 saturated heterocycles. The van der Waals surface area contributed by atoms with E-state index in [1.807, 2.05) is 25.1 Å². The smallest absolute Gasteiger partial charge is 0.127 e. The van der Waals surface area contributed by atoms with Gasteiger partial charge in [0.2, 0.25) is 0 Å². The quantitative estimate of drug-likeness (QED) is 0.638. The molecule has 0 radical (unpaired) electrons. The van der Waals surface area contributed by atoms with Gasteiger partial charge in [-0.15, -0.1) is 11.8 Å². The molecule has 0 amide bonds. The van der Waals surface area contributed by atoms with Crippen LogP contribution in [0.15, 0.2) is 18.2 Å². The van der Waals surface area contributed by atoms with Crippen LogP contribution in [-0.4, -0.2) is 19.3 Å². The normalized spacial score (nSPS) is 10.7. The second kappa shape index (κ2) is 7.81. The van der Waals surface area contributed by atoms with E-state index in [9.17, 15) is 0 Å². The molecule has 0 spiro atoms. The van der Waals surface area contributed by atoms with E-state index < -0.39 is 0 Å². The van der Waals surface area contributed by atoms with Gasteiger partial charge in [0.1, 0.15) is 11.5 Å². The van der Waals surface area contributed by atoms with Crippen LogP contribution >= 0.6 is 0 Å². The first kappa shape index (κ1) is 16.4. The van der Waals surface area contributed by atoms with Crippen molar-refractivity contribution in [1.29, 1.82) is 0 Å². The van der Waals surface area contributed by atoms with E-state index in [0.717, 1.165) is 30.0 Å². The molecule has 0 saturated carbocycles. The third-order valence-corrected chi connectivity index (χ3v) is 2.74. The summed E-state index contributed by atoms with van der Waals surface area (Å²) in [7, 11) is 1.66. The van der Waals surface area contributed by atoms with E-state index in [4.69, 9.17) is 9.47 Å². The average Bonchev–Trinajstić information content (AvgIpc) is 2.41. The molecule has 0 bridgehead atoms. The summed E-state index contributed by atoms with van der Waals surface area (Å²) in [5.41, 5.74) is 1.20. The molecule has 0 heterocycles. The maximum Gasteiger partial charge on any atom is 0.127 e. The fraction of sp³-hybridized carbons (Fsp3) is 0.529. The van der Waals surface area contributed by atoms with Gasteiger partial charge < -0.3 is 14.8 Å². The number of methoxy groups -OCH3 is 1. The zero-order valence-electron chi connectivity index (χ0n) is 13.2. The van der Waals surface area contributed by atoms with Gasteiger partial charge >= 0.3 is 0 Å². The molecule has 0 fully saturated rings. The maximum atomic E-state index is 5.82. The number of benzene rings is 1. The fourth-order valence-corrected chi connectivity index (χ4v) is 1.64. The van der Waals surface area contributed by atoms with Crippen LogP contribution in [0.3, 0.4) is 0 Å². The summed E-state index contributed by atoms with van der Waals surface area (Å²) < 4.78 is 11.1. The Hall–Kier alpha value is -1.66. The Labute approximate surface area is 122 Å². The molecule has 110 valence electrons. The van der Waals surface area contributed by atoms with Crippen LogP contribution in [0.2, 0.25) is 0 Å². The molecule has 20 heavy (non-hydrogen) atoms. The van der Waals surface area contributed by atoms with Crippen molar-refractivity contribution < 1.29 is 9.47 Å². The molecular formula is C17H25NO2. The number of hydrogen-bond acceptors (Lipinski definition) is 3. The van der Waals surface area contributed by atoms with Crippen LogP contribution in [0.1, 0.15) is 39.7 Å². The minimum absolute atomic E-state index is 0.0743. The van der Waals surface area contributed by atoms with Crippen molar-refractivity contribution in [1.82, 2.24) is 5.32 Å². The summed E-state index contributed by atoms with van der Waals surface area (Å²) in [5.74, 6) is 7.54. The molecule has 0 aliphatic rings. The van der Waals surface area contributed by atoms with E-state index in [0.29, 0.717) is 6.61 Å². The topological polar surface area (TPSA) is 30.5 Å². The van der Waals surface area contributed by atoms with E-state index in [1.165, 1.54) is 0 Å². The van der Waals surface area contributed by atoms with Gasteiger partial charge in [-0.25, -0.2) is 0 Å². The van der Waals surface area contributed by atoms with Crippen molar-refractivity contribution in [3.8, 4) is 23.3 Å². The lowest BCUT2D eigenvalue weighted by atomic mass is 10.1. The summed E-state index contributed by atoms with van der Waals surface area (Å²) in [5, 5.41) is 3.47. The summed E-state index contributed by atoms with van der Waals surface area (Å²) in [4.78, 5) is 0. The highest BCUT2D eigenvalue weighted by molar-refractivity contribution is 5.40. The van der Waals surface area contributed by atoms with Crippen LogP contribution in [0.4, 0.5) is 0 Å². The number of nitrogens with one attached hydrogen (secondary N) is 1. The number of hydrogen-bond donors (Lipinski definition) is 1. The lowest BCUT2D eigenvalue weighted by Crippen LogP contribution is -2.35. The zero-order valence-corrected chi connectivity index (χ0v) is 13.2. The van der Waals surface area contributed by atoms with Crippen molar-refractivity contribution in [2.45, 2.75) is 46.2 Å². The predicted molar refractivity (Wildman–Crippen MR) is 83.1 cm³/mol. The average molecular weight is 275 g/mol. The number of ether oxygens (including phenoxy) is 2. The van der Waals surface area contributed by atoms with Crippen molar-refractivity contribution >= 4 is 0 Å². The molecule has 0 aromatic heterocycles. The van der Waals surface area contributed by atoms with Crippen molar-refractivity contribution in [3.63, 3.8) is 0 Å². The Balaban J connectivity index is 2.77. The van der Waals surface area contributed by atoms with Gasteiger partial charge in [0.05, 0.1) is 13.7 Å². The van der Waals surface area contributed by atoms with Crippen molar-refractivity contribution in [3.05, 3.63) is 23.8 Å². The molecule has 0 aliphatic carbocycles. The van der Waals surface area contributed by atoms with Gasteiger partial charge in [0.15, 0.2) is 0 Å². The lowest BCUT2D eigenvalue weighted by Gasteiger charge is -2.22.